The molecule has 0 aliphatic rings. The van der Waals surface area contributed by atoms with E-state index in [4.69, 9.17) is 0 Å². The second kappa shape index (κ2) is 15.9. The van der Waals surface area contributed by atoms with Gasteiger partial charge in [0.15, 0.2) is 0 Å². The first-order valence-corrected chi connectivity index (χ1v) is 25.2. The van der Waals surface area contributed by atoms with Crippen LogP contribution in [0.1, 0.15) is 22.3 Å². The molecule has 0 N–H and O–H groups in total. The average Bonchev–Trinajstić information content (AvgIpc) is 3.22. The summed E-state index contributed by atoms with van der Waals surface area (Å²) < 4.78 is 26.0. The van der Waals surface area contributed by atoms with Crippen LogP contribution in [0.25, 0.3) is 22.3 Å². The summed E-state index contributed by atoms with van der Waals surface area (Å²) in [5.41, 5.74) is 9.05. The fourth-order valence-corrected chi connectivity index (χ4v) is 3.65. The van der Waals surface area contributed by atoms with Gasteiger partial charge < -0.3 is 24.8 Å². The quantitative estimate of drug-likeness (QED) is 0.220. The number of hydrogen-bond acceptors (Lipinski definition) is 0. The monoisotopic (exact) mass is 728 g/mol. The normalized spacial score (nSPS) is 9.47. The van der Waals surface area contributed by atoms with E-state index in [9.17, 15) is 8.78 Å². The van der Waals surface area contributed by atoms with Gasteiger partial charge in [0.05, 0.1) is 11.6 Å². The minimum absolute atomic E-state index is 0. The Hall–Kier alpha value is -1.01. The second-order valence-corrected chi connectivity index (χ2v) is 31.0. The van der Waals surface area contributed by atoms with Gasteiger partial charge in [-0.05, 0) is 12.1 Å². The van der Waals surface area contributed by atoms with Crippen LogP contribution in [0.15, 0.2) is 72.8 Å². The summed E-state index contributed by atoms with van der Waals surface area (Å²) in [4.78, 5) is 0. The SMILES string of the molecule is Cc1ccc(C)[c-]1-c1cccc(F)c1.Cc1ccc(C)[c-]1-c1cccc(F)c1.[CH3][Ge]([CH3])=[Hf+2].[Cl-].[Cl-]. The molecule has 0 aliphatic heterocycles. The summed E-state index contributed by atoms with van der Waals surface area (Å²) in [6.07, 6.45) is 0. The molecule has 0 saturated carbocycles. The van der Waals surface area contributed by atoms with E-state index in [1.165, 1.54) is 55.7 Å². The number of hydrogen-bond donors (Lipinski definition) is 0. The van der Waals surface area contributed by atoms with Crippen molar-refractivity contribution < 1.29 is 54.9 Å². The van der Waals surface area contributed by atoms with Gasteiger partial charge in [0.1, 0.15) is 0 Å². The zero-order valence-corrected chi connectivity index (χ0v) is 27.6. The van der Waals surface area contributed by atoms with Crippen LogP contribution in [-0.2, 0) is 21.3 Å². The van der Waals surface area contributed by atoms with Crippen molar-refractivity contribution in [1.29, 1.82) is 0 Å². The number of benzene rings is 2. The van der Waals surface area contributed by atoms with Crippen molar-refractivity contribution in [3.63, 3.8) is 0 Å². The van der Waals surface area contributed by atoms with Gasteiger partial charge in [-0.2, -0.15) is 0 Å². The number of aryl methyl sites for hydroxylation is 4. The van der Waals surface area contributed by atoms with Gasteiger partial charge in [0, 0.05) is 0 Å². The van der Waals surface area contributed by atoms with Crippen LogP contribution < -0.4 is 24.8 Å². The Labute approximate surface area is 231 Å². The van der Waals surface area contributed by atoms with Crippen molar-refractivity contribution in [2.45, 2.75) is 39.2 Å². The first-order chi connectivity index (χ1) is 15.1. The third-order valence-corrected chi connectivity index (χ3v) is 4.97. The molecule has 0 spiro atoms. The van der Waals surface area contributed by atoms with Crippen LogP contribution in [-0.4, -0.2) is 10.1 Å². The van der Waals surface area contributed by atoms with E-state index < -0.39 is 0 Å². The predicted octanol–water partition coefficient (Wildman–Crippen LogP) is 2.45. The van der Waals surface area contributed by atoms with E-state index in [2.05, 4.69) is 35.8 Å². The van der Waals surface area contributed by atoms with Gasteiger partial charge in [0.2, 0.25) is 0 Å². The largest absolute Gasteiger partial charge is 1.00 e. The summed E-state index contributed by atoms with van der Waals surface area (Å²) >= 11 is 1.52. The molecule has 4 aromatic rings. The van der Waals surface area contributed by atoms with Gasteiger partial charge >= 0.3 is 42.8 Å². The van der Waals surface area contributed by atoms with Gasteiger partial charge in [-0.3, -0.25) is 0 Å². The van der Waals surface area contributed by atoms with Crippen LogP contribution in [0, 0.1) is 39.3 Å². The maximum absolute atomic E-state index is 13.0. The molecule has 0 heterocycles. The Morgan fingerprint density at radius 1 is 0.588 bits per heavy atom. The van der Waals surface area contributed by atoms with E-state index in [0.29, 0.717) is 0 Å². The molecule has 34 heavy (non-hydrogen) atoms. The van der Waals surface area contributed by atoms with Crippen molar-refractivity contribution in [2.24, 2.45) is 0 Å². The van der Waals surface area contributed by atoms with Gasteiger partial charge in [-0.1, -0.05) is 63.1 Å². The van der Waals surface area contributed by atoms with Crippen molar-refractivity contribution in [1.82, 2.24) is 0 Å². The molecular formula is C28H30Cl2F2GeHf-2. The standard InChI is InChI=1S/2C13H12F.C2H6Ge.2ClH.Hf/c2*1-9-6-7-10(2)13(9)11-4-3-5-12(14)8-11;1-3-2;;;/h2*3-8H,1-2H3;1-2H3;2*1H;/q2*-1;;;;+2/p-2. The summed E-state index contributed by atoms with van der Waals surface area (Å²) in [7, 11) is -0.194. The smallest absolute Gasteiger partial charge is 1.00 e. The summed E-state index contributed by atoms with van der Waals surface area (Å²) in [6.45, 7) is 8.20. The third-order valence-electron chi connectivity index (χ3n) is 4.97. The first-order valence-electron chi connectivity index (χ1n) is 10.6. The third kappa shape index (κ3) is 9.93. The van der Waals surface area contributed by atoms with Gasteiger partial charge in [0.25, 0.3) is 0 Å². The Kier molecular flexibility index (Phi) is 15.4. The molecule has 4 aromatic carbocycles. The van der Waals surface area contributed by atoms with Crippen LogP contribution in [0.5, 0.6) is 0 Å². The molecule has 0 atom stereocenters. The average molecular weight is 727 g/mol. The Bertz CT molecular complexity index is 1060. The topological polar surface area (TPSA) is 0 Å². The zero-order valence-electron chi connectivity index (χ0n) is 20.4. The molecular weight excluding hydrogens is 696 g/mol. The molecule has 0 saturated heterocycles. The number of halogens is 4. The van der Waals surface area contributed by atoms with Crippen LogP contribution in [0.2, 0.25) is 11.5 Å². The fraction of sp³-hybridized carbons (Fsp3) is 0.214. The summed E-state index contributed by atoms with van der Waals surface area (Å²) in [6, 6.07) is 21.7. The van der Waals surface area contributed by atoms with Crippen LogP contribution >= 0.6 is 0 Å². The molecule has 0 bridgehead atoms. The predicted molar refractivity (Wildman–Crippen MR) is 131 cm³/mol. The molecule has 0 fully saturated rings. The molecule has 6 heteroatoms. The minimum Gasteiger partial charge on any atom is -1.00 e. The maximum atomic E-state index is 13.0. The van der Waals surface area contributed by atoms with Crippen molar-refractivity contribution in [2.75, 3.05) is 0 Å². The fourth-order valence-electron chi connectivity index (χ4n) is 3.65. The van der Waals surface area contributed by atoms with E-state index in [0.717, 1.165) is 22.3 Å². The maximum Gasteiger partial charge on any atom is -1.00 e. The van der Waals surface area contributed by atoms with E-state index in [1.54, 1.807) is 24.3 Å². The first kappa shape index (κ1) is 33.0. The summed E-state index contributed by atoms with van der Waals surface area (Å²) in [5, 5.41) is 0. The number of rotatable bonds is 2. The van der Waals surface area contributed by atoms with E-state index in [-0.39, 0.29) is 46.5 Å². The molecule has 0 nitrogen and oxygen atoms in total. The van der Waals surface area contributed by atoms with E-state index in [1.807, 2.05) is 39.8 Å². The minimum atomic E-state index is -0.194. The van der Waals surface area contributed by atoms with Gasteiger partial charge in [-0.25, -0.2) is 8.78 Å². The van der Waals surface area contributed by atoms with Crippen molar-refractivity contribution in [3.8, 4) is 22.3 Å². The second-order valence-electron chi connectivity index (χ2n) is 8.17. The van der Waals surface area contributed by atoms with Crippen LogP contribution in [0.4, 0.5) is 8.78 Å². The molecule has 0 amide bonds. The van der Waals surface area contributed by atoms with Crippen LogP contribution in [0.3, 0.4) is 0 Å². The molecule has 0 aliphatic carbocycles. The zero-order chi connectivity index (χ0) is 23.8. The van der Waals surface area contributed by atoms with Crippen molar-refractivity contribution >= 4 is 10.1 Å². The van der Waals surface area contributed by atoms with Gasteiger partial charge in [-0.15, -0.1) is 69.8 Å². The molecule has 4 rings (SSSR count). The Morgan fingerprint density at radius 2 is 0.853 bits per heavy atom. The molecule has 0 unspecified atom stereocenters. The molecule has 180 valence electrons. The molecule has 0 aromatic heterocycles. The Balaban J connectivity index is 0.000000528. The summed E-state index contributed by atoms with van der Waals surface area (Å²) in [5.74, 6) is 4.43. The van der Waals surface area contributed by atoms with Crippen molar-refractivity contribution in [3.05, 3.63) is 107 Å². The Morgan fingerprint density at radius 3 is 1.09 bits per heavy atom. The molecule has 0 radical (unpaired) electrons. The van der Waals surface area contributed by atoms with E-state index >= 15 is 0 Å².